The van der Waals surface area contributed by atoms with E-state index in [1.807, 2.05) is 13.8 Å². The first kappa shape index (κ1) is 25.8. The van der Waals surface area contributed by atoms with Crippen LogP contribution in [0.4, 0.5) is 5.82 Å². The average Bonchev–Trinajstić information content (AvgIpc) is 2.60. The number of carbonyl (C=O) groups excluding carboxylic acids is 1. The Morgan fingerprint density at radius 3 is 2.40 bits per heavy atom. The summed E-state index contributed by atoms with van der Waals surface area (Å²) in [6, 6.07) is -0.0291. The van der Waals surface area contributed by atoms with E-state index in [-0.39, 0.29) is 40.7 Å². The Hall–Kier alpha value is -2.27. The first-order valence-electron chi connectivity index (χ1n) is 9.68. The number of aromatic nitrogens is 2. The average molecular weight is 445 g/mol. The van der Waals surface area contributed by atoms with E-state index >= 15 is 0 Å². The molecule has 1 fully saturated rings. The molecule has 11 heteroatoms. The number of anilines is 1. The van der Waals surface area contributed by atoms with Gasteiger partial charge >= 0.3 is 0 Å². The standard InChI is InChI=1S/C17H28N4O4S.C2H4O2/c1-10(2)19-17(22)12-6-7-13(14(8-12)25-4)21-16-15(26(5,23)24)9-18-11(3)20-16;1-2(3)4/h9-10,12-14H,6-8H2,1-5H3,(H,19,22)(H,18,20,21);1H3,(H,3,4)/t12-,13+,14+;/m0./s1. The molecule has 10 nitrogen and oxygen atoms in total. The molecule has 0 radical (unpaired) electrons. The summed E-state index contributed by atoms with van der Waals surface area (Å²) in [4.78, 5) is 29.6. The van der Waals surface area contributed by atoms with Gasteiger partial charge in [0.2, 0.25) is 5.91 Å². The Labute approximate surface area is 177 Å². The van der Waals surface area contributed by atoms with Gasteiger partial charge in [0.1, 0.15) is 16.5 Å². The van der Waals surface area contributed by atoms with E-state index in [1.165, 1.54) is 6.20 Å². The molecular weight excluding hydrogens is 412 g/mol. The summed E-state index contributed by atoms with van der Waals surface area (Å²) in [6.07, 6.45) is 4.20. The monoisotopic (exact) mass is 444 g/mol. The van der Waals surface area contributed by atoms with Crippen molar-refractivity contribution >= 4 is 27.5 Å². The number of ether oxygens (including phenoxy) is 1. The van der Waals surface area contributed by atoms with Crippen LogP contribution in [-0.2, 0) is 24.2 Å². The number of carboxylic acids is 1. The third-order valence-corrected chi connectivity index (χ3v) is 5.59. The van der Waals surface area contributed by atoms with Crippen molar-refractivity contribution in [2.45, 2.75) is 70.0 Å². The Balaban J connectivity index is 0.00000103. The maximum Gasteiger partial charge on any atom is 0.300 e. The van der Waals surface area contributed by atoms with Gasteiger partial charge in [-0.05, 0) is 40.0 Å². The van der Waals surface area contributed by atoms with E-state index in [0.29, 0.717) is 25.1 Å². The van der Waals surface area contributed by atoms with Gasteiger partial charge in [-0.15, -0.1) is 0 Å². The number of methoxy groups -OCH3 is 1. The predicted molar refractivity (Wildman–Crippen MR) is 112 cm³/mol. The fourth-order valence-electron chi connectivity index (χ4n) is 3.20. The van der Waals surface area contributed by atoms with E-state index in [2.05, 4.69) is 20.6 Å². The fraction of sp³-hybridized carbons (Fsp3) is 0.684. The zero-order chi connectivity index (χ0) is 23.1. The number of aliphatic carboxylic acids is 1. The van der Waals surface area contributed by atoms with Gasteiger partial charge in [-0.2, -0.15) is 0 Å². The first-order valence-corrected chi connectivity index (χ1v) is 11.6. The molecule has 1 aromatic heterocycles. The number of amides is 1. The molecule has 0 saturated heterocycles. The van der Waals surface area contributed by atoms with Gasteiger partial charge in [-0.3, -0.25) is 9.59 Å². The second kappa shape index (κ2) is 11.2. The maximum absolute atomic E-state index is 12.3. The second-order valence-electron chi connectivity index (χ2n) is 7.62. The minimum atomic E-state index is -3.46. The molecule has 1 aliphatic carbocycles. The highest BCUT2D eigenvalue weighted by Gasteiger charge is 2.35. The van der Waals surface area contributed by atoms with E-state index in [9.17, 15) is 13.2 Å². The van der Waals surface area contributed by atoms with Gasteiger partial charge in [0, 0.05) is 32.2 Å². The molecule has 0 bridgehead atoms. The SMILES string of the molecule is CC(=O)O.CO[C@@H]1C[C@@H](C(=O)NC(C)C)CC[C@H]1Nc1nc(C)ncc1S(C)(=O)=O. The number of nitrogens with one attached hydrogen (secondary N) is 2. The molecule has 0 spiro atoms. The van der Waals surface area contributed by atoms with Crippen LogP contribution in [0.2, 0.25) is 0 Å². The Morgan fingerprint density at radius 1 is 1.30 bits per heavy atom. The van der Waals surface area contributed by atoms with Crippen molar-refractivity contribution in [3.05, 3.63) is 12.0 Å². The summed E-state index contributed by atoms with van der Waals surface area (Å²) in [7, 11) is -1.85. The van der Waals surface area contributed by atoms with Crippen LogP contribution < -0.4 is 10.6 Å². The summed E-state index contributed by atoms with van der Waals surface area (Å²) < 4.78 is 29.6. The van der Waals surface area contributed by atoms with E-state index in [4.69, 9.17) is 14.6 Å². The topological polar surface area (TPSA) is 148 Å². The lowest BCUT2D eigenvalue weighted by molar-refractivity contribution is -0.134. The number of carbonyl (C=O) groups is 2. The summed E-state index contributed by atoms with van der Waals surface area (Å²) in [5, 5.41) is 13.6. The molecule has 1 aliphatic rings. The molecule has 0 unspecified atom stereocenters. The molecule has 1 heterocycles. The maximum atomic E-state index is 12.3. The van der Waals surface area contributed by atoms with Crippen LogP contribution in [-0.4, -0.2) is 66.9 Å². The molecule has 1 aromatic rings. The predicted octanol–water partition coefficient (Wildman–Crippen LogP) is 1.40. The van der Waals surface area contributed by atoms with Gasteiger partial charge < -0.3 is 20.5 Å². The third kappa shape index (κ3) is 8.23. The smallest absolute Gasteiger partial charge is 0.300 e. The fourth-order valence-corrected chi connectivity index (χ4v) is 3.90. The molecule has 1 amide bonds. The lowest BCUT2D eigenvalue weighted by Crippen LogP contribution is -2.46. The minimum Gasteiger partial charge on any atom is -0.481 e. The third-order valence-electron chi connectivity index (χ3n) is 4.49. The number of hydrogen-bond donors (Lipinski definition) is 3. The highest BCUT2D eigenvalue weighted by molar-refractivity contribution is 7.90. The lowest BCUT2D eigenvalue weighted by atomic mass is 9.83. The molecule has 3 atom stereocenters. The number of hydrogen-bond acceptors (Lipinski definition) is 8. The van der Waals surface area contributed by atoms with Crippen LogP contribution in [0.15, 0.2) is 11.1 Å². The minimum absolute atomic E-state index is 0.0372. The van der Waals surface area contributed by atoms with Crippen molar-refractivity contribution in [1.82, 2.24) is 15.3 Å². The van der Waals surface area contributed by atoms with Crippen LogP contribution >= 0.6 is 0 Å². The number of sulfone groups is 1. The highest BCUT2D eigenvalue weighted by atomic mass is 32.2. The molecule has 2 rings (SSSR count). The summed E-state index contributed by atoms with van der Waals surface area (Å²) in [5.74, 6) is -0.131. The quantitative estimate of drug-likeness (QED) is 0.592. The molecule has 0 aliphatic heterocycles. The highest BCUT2D eigenvalue weighted by Crippen LogP contribution is 2.30. The van der Waals surface area contributed by atoms with Crippen LogP contribution in [0, 0.1) is 12.8 Å². The molecular formula is C19H32N4O6S. The number of rotatable bonds is 6. The van der Waals surface area contributed by atoms with Crippen LogP contribution in [0.25, 0.3) is 0 Å². The van der Waals surface area contributed by atoms with E-state index < -0.39 is 15.8 Å². The van der Waals surface area contributed by atoms with Crippen molar-refractivity contribution in [2.75, 3.05) is 18.7 Å². The van der Waals surface area contributed by atoms with Crippen LogP contribution in [0.5, 0.6) is 0 Å². The molecule has 1 saturated carbocycles. The van der Waals surface area contributed by atoms with Gasteiger partial charge in [0.15, 0.2) is 9.84 Å². The van der Waals surface area contributed by atoms with Crippen molar-refractivity contribution < 1.29 is 27.9 Å². The second-order valence-corrected chi connectivity index (χ2v) is 9.60. The lowest BCUT2D eigenvalue weighted by Gasteiger charge is -2.35. The van der Waals surface area contributed by atoms with Crippen molar-refractivity contribution in [3.63, 3.8) is 0 Å². The number of carboxylic acid groups (broad SMARTS) is 1. The van der Waals surface area contributed by atoms with Crippen LogP contribution in [0.1, 0.15) is 45.9 Å². The normalized spacial score (nSPS) is 21.4. The van der Waals surface area contributed by atoms with E-state index in [1.54, 1.807) is 14.0 Å². The van der Waals surface area contributed by atoms with Crippen molar-refractivity contribution in [1.29, 1.82) is 0 Å². The molecule has 0 aromatic carbocycles. The van der Waals surface area contributed by atoms with Gasteiger partial charge in [0.05, 0.1) is 18.3 Å². The molecule has 3 N–H and O–H groups in total. The van der Waals surface area contributed by atoms with Crippen molar-refractivity contribution in [3.8, 4) is 0 Å². The van der Waals surface area contributed by atoms with E-state index in [0.717, 1.165) is 13.2 Å². The first-order chi connectivity index (χ1) is 13.8. The molecule has 30 heavy (non-hydrogen) atoms. The van der Waals surface area contributed by atoms with Crippen molar-refractivity contribution in [2.24, 2.45) is 5.92 Å². The Kier molecular flexibility index (Phi) is 9.63. The van der Waals surface area contributed by atoms with Gasteiger partial charge in [-0.1, -0.05) is 0 Å². The summed E-state index contributed by atoms with van der Waals surface area (Å²) in [5.41, 5.74) is 0. The zero-order valence-corrected chi connectivity index (χ0v) is 19.1. The molecule has 170 valence electrons. The summed E-state index contributed by atoms with van der Waals surface area (Å²) in [6.45, 7) is 6.66. The van der Waals surface area contributed by atoms with Crippen LogP contribution in [0.3, 0.4) is 0 Å². The Morgan fingerprint density at radius 2 is 1.90 bits per heavy atom. The number of nitrogens with zero attached hydrogens (tertiary/aromatic N) is 2. The summed E-state index contributed by atoms with van der Waals surface area (Å²) >= 11 is 0. The Bertz CT molecular complexity index is 839. The van der Waals surface area contributed by atoms with Gasteiger partial charge in [0.25, 0.3) is 5.97 Å². The zero-order valence-electron chi connectivity index (χ0n) is 18.3. The van der Waals surface area contributed by atoms with Gasteiger partial charge in [-0.25, -0.2) is 18.4 Å². The number of aryl methyl sites for hydroxylation is 1. The largest absolute Gasteiger partial charge is 0.481 e.